The van der Waals surface area contributed by atoms with E-state index in [9.17, 15) is 4.79 Å². The van der Waals surface area contributed by atoms with Crippen LogP contribution in [0.25, 0.3) is 5.65 Å². The van der Waals surface area contributed by atoms with Gasteiger partial charge >= 0.3 is 0 Å². The Morgan fingerprint density at radius 1 is 1.38 bits per heavy atom. The fraction of sp³-hybridized carbons (Fsp3) is 0.556. The Kier molecular flexibility index (Phi) is 5.35. The lowest BCUT2D eigenvalue weighted by molar-refractivity contribution is 0.0954. The minimum absolute atomic E-state index is 0.106. The summed E-state index contributed by atoms with van der Waals surface area (Å²) in [6, 6.07) is 4.21. The van der Waals surface area contributed by atoms with Crippen LogP contribution in [0.5, 0.6) is 0 Å². The molecule has 0 spiro atoms. The van der Waals surface area contributed by atoms with E-state index in [4.69, 9.17) is 10.7 Å². The molecule has 0 unspecified atom stereocenters. The van der Waals surface area contributed by atoms with E-state index < -0.39 is 0 Å². The SMILES string of the molecule is CCc1nc2cc(C(=O)NCCN)ccn2c1NC1CCCCC1. The van der Waals surface area contributed by atoms with E-state index in [0.29, 0.717) is 24.7 Å². The predicted octanol–water partition coefficient (Wildman–Crippen LogP) is 2.33. The largest absolute Gasteiger partial charge is 0.367 e. The molecule has 24 heavy (non-hydrogen) atoms. The fourth-order valence-corrected chi connectivity index (χ4v) is 3.36. The van der Waals surface area contributed by atoms with Crippen LogP contribution in [0.4, 0.5) is 5.82 Å². The second-order valence-electron chi connectivity index (χ2n) is 6.43. The molecular weight excluding hydrogens is 302 g/mol. The summed E-state index contributed by atoms with van der Waals surface area (Å²) >= 11 is 0. The molecule has 0 aliphatic heterocycles. The fourth-order valence-electron chi connectivity index (χ4n) is 3.36. The number of nitrogens with two attached hydrogens (primary N) is 1. The molecule has 3 rings (SSSR count). The van der Waals surface area contributed by atoms with Gasteiger partial charge in [-0.15, -0.1) is 0 Å². The molecule has 0 saturated heterocycles. The van der Waals surface area contributed by atoms with Gasteiger partial charge in [-0.2, -0.15) is 0 Å². The van der Waals surface area contributed by atoms with Gasteiger partial charge in [-0.25, -0.2) is 4.98 Å². The van der Waals surface area contributed by atoms with Gasteiger partial charge in [-0.1, -0.05) is 26.2 Å². The highest BCUT2D eigenvalue weighted by molar-refractivity contribution is 5.95. The molecule has 0 radical (unpaired) electrons. The zero-order valence-electron chi connectivity index (χ0n) is 14.3. The summed E-state index contributed by atoms with van der Waals surface area (Å²) in [5.74, 6) is 0.971. The van der Waals surface area contributed by atoms with E-state index in [-0.39, 0.29) is 5.91 Å². The molecular formula is C18H27N5O. The highest BCUT2D eigenvalue weighted by Crippen LogP contribution is 2.25. The first kappa shape index (κ1) is 16.8. The van der Waals surface area contributed by atoms with Gasteiger partial charge in [0.1, 0.15) is 11.5 Å². The second-order valence-corrected chi connectivity index (χ2v) is 6.43. The Morgan fingerprint density at radius 2 is 2.17 bits per heavy atom. The first-order valence-corrected chi connectivity index (χ1v) is 8.98. The first-order valence-electron chi connectivity index (χ1n) is 8.98. The van der Waals surface area contributed by atoms with Crippen molar-refractivity contribution < 1.29 is 4.79 Å². The Labute approximate surface area is 142 Å². The summed E-state index contributed by atoms with van der Waals surface area (Å²) in [6.07, 6.45) is 9.16. The molecule has 1 amide bonds. The lowest BCUT2D eigenvalue weighted by Gasteiger charge is -2.24. The summed E-state index contributed by atoms with van der Waals surface area (Å²) < 4.78 is 2.06. The van der Waals surface area contributed by atoms with Gasteiger partial charge in [0.2, 0.25) is 0 Å². The summed E-state index contributed by atoms with van der Waals surface area (Å²) in [4.78, 5) is 16.8. The van der Waals surface area contributed by atoms with Crippen molar-refractivity contribution in [2.75, 3.05) is 18.4 Å². The molecule has 6 nitrogen and oxygen atoms in total. The zero-order chi connectivity index (χ0) is 16.9. The molecule has 130 valence electrons. The maximum atomic E-state index is 12.1. The predicted molar refractivity (Wildman–Crippen MR) is 96.5 cm³/mol. The van der Waals surface area contributed by atoms with Crippen molar-refractivity contribution >= 4 is 17.4 Å². The van der Waals surface area contributed by atoms with E-state index >= 15 is 0 Å². The summed E-state index contributed by atoms with van der Waals surface area (Å²) in [7, 11) is 0. The third-order valence-electron chi connectivity index (χ3n) is 4.67. The molecule has 2 heterocycles. The number of fused-ring (bicyclic) bond motifs is 1. The maximum absolute atomic E-state index is 12.1. The van der Waals surface area contributed by atoms with E-state index in [2.05, 4.69) is 22.0 Å². The number of carbonyl (C=O) groups is 1. The molecule has 0 aromatic carbocycles. The van der Waals surface area contributed by atoms with Crippen LogP contribution >= 0.6 is 0 Å². The van der Waals surface area contributed by atoms with Crippen molar-refractivity contribution in [1.29, 1.82) is 0 Å². The molecule has 1 fully saturated rings. The highest BCUT2D eigenvalue weighted by Gasteiger charge is 2.18. The first-order chi connectivity index (χ1) is 11.7. The molecule has 1 saturated carbocycles. The number of nitrogens with one attached hydrogen (secondary N) is 2. The van der Waals surface area contributed by atoms with Crippen LogP contribution in [0.3, 0.4) is 0 Å². The number of nitrogens with zero attached hydrogens (tertiary/aromatic N) is 2. The molecule has 6 heteroatoms. The molecule has 0 atom stereocenters. The van der Waals surface area contributed by atoms with Gasteiger partial charge in [-0.05, 0) is 31.4 Å². The zero-order valence-corrected chi connectivity index (χ0v) is 14.3. The molecule has 0 bridgehead atoms. The van der Waals surface area contributed by atoms with Crippen LogP contribution in [0.15, 0.2) is 18.3 Å². The Balaban J connectivity index is 1.87. The molecule has 1 aliphatic carbocycles. The third kappa shape index (κ3) is 3.53. The standard InChI is InChI=1S/C18H27N5O/c1-2-15-17(21-14-6-4-3-5-7-14)23-11-8-13(12-16(23)22-15)18(24)20-10-9-19/h8,11-12,14,21H,2-7,9-10,19H2,1H3,(H,20,24). The molecule has 2 aromatic rings. The van der Waals surface area contributed by atoms with E-state index in [0.717, 1.165) is 23.6 Å². The van der Waals surface area contributed by atoms with Gasteiger partial charge in [0.25, 0.3) is 5.91 Å². The second kappa shape index (κ2) is 7.66. The number of hydrogen-bond donors (Lipinski definition) is 3. The van der Waals surface area contributed by atoms with E-state index in [1.54, 1.807) is 0 Å². The molecule has 4 N–H and O–H groups in total. The number of carbonyl (C=O) groups excluding carboxylic acids is 1. The van der Waals surface area contributed by atoms with Crippen molar-refractivity contribution in [3.05, 3.63) is 29.6 Å². The van der Waals surface area contributed by atoms with Crippen molar-refractivity contribution in [2.24, 2.45) is 5.73 Å². The number of aryl methyl sites for hydroxylation is 1. The number of imidazole rings is 1. The summed E-state index contributed by atoms with van der Waals surface area (Å²) in [5.41, 5.74) is 7.92. The minimum atomic E-state index is -0.106. The van der Waals surface area contributed by atoms with Crippen LogP contribution in [-0.4, -0.2) is 34.4 Å². The number of anilines is 1. The summed E-state index contributed by atoms with van der Waals surface area (Å²) in [5, 5.41) is 6.49. The smallest absolute Gasteiger partial charge is 0.251 e. The Morgan fingerprint density at radius 3 is 2.88 bits per heavy atom. The molecule has 2 aromatic heterocycles. The normalized spacial score (nSPS) is 15.6. The lowest BCUT2D eigenvalue weighted by Crippen LogP contribution is -2.29. The number of aromatic nitrogens is 2. The maximum Gasteiger partial charge on any atom is 0.251 e. The Bertz CT molecular complexity index is 703. The monoisotopic (exact) mass is 329 g/mol. The van der Waals surface area contributed by atoms with Gasteiger partial charge in [0.05, 0.1) is 5.69 Å². The topological polar surface area (TPSA) is 84.5 Å². The van der Waals surface area contributed by atoms with Crippen LogP contribution < -0.4 is 16.4 Å². The van der Waals surface area contributed by atoms with E-state index in [1.807, 2.05) is 18.3 Å². The van der Waals surface area contributed by atoms with Crippen molar-refractivity contribution in [1.82, 2.24) is 14.7 Å². The van der Waals surface area contributed by atoms with Crippen LogP contribution in [0.1, 0.15) is 55.1 Å². The van der Waals surface area contributed by atoms with Crippen molar-refractivity contribution in [3.63, 3.8) is 0 Å². The average Bonchev–Trinajstić information content (AvgIpc) is 2.97. The minimum Gasteiger partial charge on any atom is -0.367 e. The number of amides is 1. The quantitative estimate of drug-likeness (QED) is 0.759. The van der Waals surface area contributed by atoms with Gasteiger partial charge in [0.15, 0.2) is 0 Å². The van der Waals surface area contributed by atoms with Crippen LogP contribution in [0.2, 0.25) is 0 Å². The van der Waals surface area contributed by atoms with Crippen molar-refractivity contribution in [2.45, 2.75) is 51.5 Å². The third-order valence-corrected chi connectivity index (χ3v) is 4.67. The number of hydrogen-bond acceptors (Lipinski definition) is 4. The lowest BCUT2D eigenvalue weighted by atomic mass is 9.95. The number of rotatable bonds is 6. The highest BCUT2D eigenvalue weighted by atomic mass is 16.1. The summed E-state index contributed by atoms with van der Waals surface area (Å²) in [6.45, 7) is 3.03. The van der Waals surface area contributed by atoms with Gasteiger partial charge in [0, 0.05) is 30.9 Å². The van der Waals surface area contributed by atoms with E-state index in [1.165, 1.54) is 32.1 Å². The number of pyridine rings is 1. The van der Waals surface area contributed by atoms with Crippen LogP contribution in [-0.2, 0) is 6.42 Å². The Hall–Kier alpha value is -2.08. The average molecular weight is 329 g/mol. The molecule has 1 aliphatic rings. The van der Waals surface area contributed by atoms with Crippen molar-refractivity contribution in [3.8, 4) is 0 Å². The van der Waals surface area contributed by atoms with Gasteiger partial charge in [-0.3, -0.25) is 9.20 Å². The van der Waals surface area contributed by atoms with Gasteiger partial charge < -0.3 is 16.4 Å². The van der Waals surface area contributed by atoms with Crippen LogP contribution in [0, 0.1) is 0 Å².